The Bertz CT molecular complexity index is 707. The van der Waals surface area contributed by atoms with Gasteiger partial charge in [-0.2, -0.15) is 0 Å². The van der Waals surface area contributed by atoms with Crippen molar-refractivity contribution >= 4 is 23.6 Å². The molecule has 1 amide bonds. The first kappa shape index (κ1) is 17.0. The summed E-state index contributed by atoms with van der Waals surface area (Å²) in [7, 11) is 0. The third kappa shape index (κ3) is 4.81. The standard InChI is InChI=1S/C19H20N2O4/c22-13-15-1-7-18(8-2-15)25-14-19(23)20-16-3-5-17(6-4-16)21-9-11-24-12-10-21/h1-8,13H,9-12,14H2,(H,20,23). The van der Waals surface area contributed by atoms with Gasteiger partial charge >= 0.3 is 0 Å². The molecule has 1 N–H and O–H groups in total. The Morgan fingerprint density at radius 1 is 1.08 bits per heavy atom. The van der Waals surface area contributed by atoms with Crippen LogP contribution in [0.15, 0.2) is 48.5 Å². The molecule has 1 aliphatic rings. The maximum absolute atomic E-state index is 12.0. The van der Waals surface area contributed by atoms with Gasteiger partial charge in [0.05, 0.1) is 13.2 Å². The Morgan fingerprint density at radius 2 is 1.76 bits per heavy atom. The average molecular weight is 340 g/mol. The first-order chi connectivity index (χ1) is 12.2. The summed E-state index contributed by atoms with van der Waals surface area (Å²) in [6.45, 7) is 3.14. The van der Waals surface area contributed by atoms with E-state index in [1.807, 2.05) is 24.3 Å². The Kier molecular flexibility index (Phi) is 5.64. The van der Waals surface area contributed by atoms with E-state index in [0.717, 1.165) is 44.0 Å². The quantitative estimate of drug-likeness (QED) is 0.818. The minimum Gasteiger partial charge on any atom is -0.484 e. The third-order valence-corrected chi connectivity index (χ3v) is 3.91. The first-order valence-electron chi connectivity index (χ1n) is 8.15. The van der Waals surface area contributed by atoms with Gasteiger partial charge in [-0.05, 0) is 48.5 Å². The molecule has 2 aromatic carbocycles. The van der Waals surface area contributed by atoms with E-state index in [9.17, 15) is 9.59 Å². The predicted octanol–water partition coefficient (Wildman–Crippen LogP) is 2.35. The summed E-state index contributed by atoms with van der Waals surface area (Å²) in [5.41, 5.74) is 2.41. The Morgan fingerprint density at radius 3 is 2.40 bits per heavy atom. The van der Waals surface area contributed by atoms with Crippen molar-refractivity contribution in [3.8, 4) is 5.75 Å². The van der Waals surface area contributed by atoms with Crippen molar-refractivity contribution in [2.75, 3.05) is 43.1 Å². The maximum Gasteiger partial charge on any atom is 0.262 e. The number of ether oxygens (including phenoxy) is 2. The van der Waals surface area contributed by atoms with E-state index in [2.05, 4.69) is 10.2 Å². The van der Waals surface area contributed by atoms with E-state index in [1.54, 1.807) is 24.3 Å². The number of anilines is 2. The molecule has 0 saturated carbocycles. The molecule has 1 aliphatic heterocycles. The van der Waals surface area contributed by atoms with E-state index in [-0.39, 0.29) is 12.5 Å². The molecule has 0 radical (unpaired) electrons. The number of hydrogen-bond acceptors (Lipinski definition) is 5. The number of morpholine rings is 1. The summed E-state index contributed by atoms with van der Waals surface area (Å²) < 4.78 is 10.8. The molecule has 6 heteroatoms. The van der Waals surface area contributed by atoms with Crippen LogP contribution in [-0.4, -0.2) is 45.1 Å². The zero-order chi connectivity index (χ0) is 17.5. The number of carbonyl (C=O) groups excluding carboxylic acids is 2. The summed E-state index contributed by atoms with van der Waals surface area (Å²) in [4.78, 5) is 24.8. The number of benzene rings is 2. The van der Waals surface area contributed by atoms with E-state index < -0.39 is 0 Å². The molecule has 6 nitrogen and oxygen atoms in total. The van der Waals surface area contributed by atoms with E-state index in [1.165, 1.54) is 0 Å². The zero-order valence-electron chi connectivity index (χ0n) is 13.8. The molecule has 1 saturated heterocycles. The van der Waals surface area contributed by atoms with Crippen molar-refractivity contribution in [1.29, 1.82) is 0 Å². The number of aldehydes is 1. The van der Waals surface area contributed by atoms with Gasteiger partial charge in [-0.15, -0.1) is 0 Å². The molecular formula is C19H20N2O4. The van der Waals surface area contributed by atoms with Crippen LogP contribution in [0.2, 0.25) is 0 Å². The Balaban J connectivity index is 1.49. The van der Waals surface area contributed by atoms with Crippen LogP contribution in [0.3, 0.4) is 0 Å². The molecule has 1 fully saturated rings. The van der Waals surface area contributed by atoms with Crippen molar-refractivity contribution in [3.63, 3.8) is 0 Å². The molecule has 25 heavy (non-hydrogen) atoms. The van der Waals surface area contributed by atoms with Crippen LogP contribution in [-0.2, 0) is 9.53 Å². The van der Waals surface area contributed by atoms with E-state index >= 15 is 0 Å². The second-order valence-corrected chi connectivity index (χ2v) is 5.67. The molecule has 3 rings (SSSR count). The average Bonchev–Trinajstić information content (AvgIpc) is 2.68. The predicted molar refractivity (Wildman–Crippen MR) is 95.4 cm³/mol. The van der Waals surface area contributed by atoms with Gasteiger partial charge < -0.3 is 19.7 Å². The smallest absolute Gasteiger partial charge is 0.262 e. The summed E-state index contributed by atoms with van der Waals surface area (Å²) in [5.74, 6) is 0.307. The molecule has 2 aromatic rings. The number of amides is 1. The molecule has 0 atom stereocenters. The fourth-order valence-electron chi connectivity index (χ4n) is 2.57. The van der Waals surface area contributed by atoms with Crippen molar-refractivity contribution in [2.45, 2.75) is 0 Å². The molecule has 0 spiro atoms. The topological polar surface area (TPSA) is 67.9 Å². The van der Waals surface area contributed by atoms with Crippen molar-refractivity contribution in [2.24, 2.45) is 0 Å². The Labute approximate surface area is 146 Å². The zero-order valence-corrected chi connectivity index (χ0v) is 13.8. The highest BCUT2D eigenvalue weighted by atomic mass is 16.5. The van der Waals surface area contributed by atoms with Crippen molar-refractivity contribution in [1.82, 2.24) is 0 Å². The molecule has 0 aliphatic carbocycles. The number of nitrogens with zero attached hydrogens (tertiary/aromatic N) is 1. The summed E-state index contributed by atoms with van der Waals surface area (Å²) >= 11 is 0. The first-order valence-corrected chi connectivity index (χ1v) is 8.15. The van der Waals surface area contributed by atoms with Gasteiger partial charge in [0.15, 0.2) is 6.61 Å². The fraction of sp³-hybridized carbons (Fsp3) is 0.263. The summed E-state index contributed by atoms with van der Waals surface area (Å²) in [5, 5.41) is 2.80. The van der Waals surface area contributed by atoms with Crippen LogP contribution < -0.4 is 15.0 Å². The van der Waals surface area contributed by atoms with Crippen LogP contribution >= 0.6 is 0 Å². The van der Waals surface area contributed by atoms with Gasteiger partial charge in [0, 0.05) is 30.0 Å². The number of hydrogen-bond donors (Lipinski definition) is 1. The maximum atomic E-state index is 12.0. The van der Waals surface area contributed by atoms with E-state index in [0.29, 0.717) is 11.3 Å². The summed E-state index contributed by atoms with van der Waals surface area (Å²) in [6, 6.07) is 14.3. The summed E-state index contributed by atoms with van der Waals surface area (Å²) in [6.07, 6.45) is 0.761. The van der Waals surface area contributed by atoms with Gasteiger partial charge in [0.25, 0.3) is 5.91 Å². The Hall–Kier alpha value is -2.86. The molecular weight excluding hydrogens is 320 g/mol. The largest absolute Gasteiger partial charge is 0.484 e. The van der Waals surface area contributed by atoms with Crippen LogP contribution in [0.1, 0.15) is 10.4 Å². The van der Waals surface area contributed by atoms with Crippen LogP contribution in [0.5, 0.6) is 5.75 Å². The second kappa shape index (κ2) is 8.30. The van der Waals surface area contributed by atoms with Crippen LogP contribution in [0.4, 0.5) is 11.4 Å². The lowest BCUT2D eigenvalue weighted by atomic mass is 10.2. The third-order valence-electron chi connectivity index (χ3n) is 3.91. The van der Waals surface area contributed by atoms with Crippen molar-refractivity contribution < 1.29 is 19.1 Å². The molecule has 0 bridgehead atoms. The number of rotatable bonds is 6. The van der Waals surface area contributed by atoms with Crippen LogP contribution in [0.25, 0.3) is 0 Å². The van der Waals surface area contributed by atoms with Crippen molar-refractivity contribution in [3.05, 3.63) is 54.1 Å². The highest BCUT2D eigenvalue weighted by molar-refractivity contribution is 5.92. The highest BCUT2D eigenvalue weighted by Crippen LogP contribution is 2.19. The van der Waals surface area contributed by atoms with Gasteiger partial charge in [-0.3, -0.25) is 9.59 Å². The van der Waals surface area contributed by atoms with Gasteiger partial charge in [-0.1, -0.05) is 0 Å². The van der Waals surface area contributed by atoms with Gasteiger partial charge in [-0.25, -0.2) is 0 Å². The van der Waals surface area contributed by atoms with Crippen LogP contribution in [0, 0.1) is 0 Å². The number of nitrogens with one attached hydrogen (secondary N) is 1. The lowest BCUT2D eigenvalue weighted by Crippen LogP contribution is -2.36. The lowest BCUT2D eigenvalue weighted by Gasteiger charge is -2.28. The van der Waals surface area contributed by atoms with E-state index in [4.69, 9.17) is 9.47 Å². The SMILES string of the molecule is O=Cc1ccc(OCC(=O)Nc2ccc(N3CCOCC3)cc2)cc1. The molecule has 0 aromatic heterocycles. The molecule has 0 unspecified atom stereocenters. The molecule has 1 heterocycles. The minimum atomic E-state index is -0.237. The van der Waals surface area contributed by atoms with Gasteiger partial charge in [0.2, 0.25) is 0 Å². The normalized spacial score (nSPS) is 14.0. The lowest BCUT2D eigenvalue weighted by molar-refractivity contribution is -0.118. The highest BCUT2D eigenvalue weighted by Gasteiger charge is 2.11. The monoisotopic (exact) mass is 340 g/mol. The molecule has 130 valence electrons. The number of carbonyl (C=O) groups is 2. The second-order valence-electron chi connectivity index (χ2n) is 5.67. The fourth-order valence-corrected chi connectivity index (χ4v) is 2.57. The van der Waals surface area contributed by atoms with Gasteiger partial charge in [0.1, 0.15) is 12.0 Å². The minimum absolute atomic E-state index is 0.0916.